The van der Waals surface area contributed by atoms with Crippen LogP contribution in [0.1, 0.15) is 167 Å². The van der Waals surface area contributed by atoms with E-state index in [1.807, 2.05) is 18.2 Å². The van der Waals surface area contributed by atoms with Crippen molar-refractivity contribution in [1.29, 1.82) is 0 Å². The SMILES string of the molecule is CCCCCCCCCOP(O)(=S)OOc1ccccc1.CCCCCCCCCc1ccccc1OSOc1ccccc1CCCCCCCCC. The summed E-state index contributed by atoms with van der Waals surface area (Å²) >= 11 is 5.97. The second-order valence-electron chi connectivity index (χ2n) is 14.1. The van der Waals surface area contributed by atoms with Crippen LogP contribution < -0.4 is 13.3 Å². The number of para-hydroxylation sites is 3. The number of benzene rings is 3. The van der Waals surface area contributed by atoms with Gasteiger partial charge in [-0.2, -0.15) is 0 Å². The molecular weight excluding hydrogens is 732 g/mol. The lowest BCUT2D eigenvalue weighted by Crippen LogP contribution is -2.00. The second kappa shape index (κ2) is 33.1. The Hall–Kier alpha value is -2.06. The van der Waals surface area contributed by atoms with Crippen LogP contribution in [-0.2, 0) is 33.8 Å². The number of rotatable bonds is 32. The topological polar surface area (TPSA) is 66.4 Å². The summed E-state index contributed by atoms with van der Waals surface area (Å²) in [6.45, 7) is 3.84. The molecule has 0 fully saturated rings. The third-order valence-electron chi connectivity index (χ3n) is 9.27. The van der Waals surface area contributed by atoms with Crippen molar-refractivity contribution in [3.63, 3.8) is 0 Å². The average Bonchev–Trinajstić information content (AvgIpc) is 3.19. The molecule has 0 aliphatic heterocycles. The van der Waals surface area contributed by atoms with Crippen molar-refractivity contribution in [3.05, 3.63) is 90.0 Å². The van der Waals surface area contributed by atoms with Gasteiger partial charge in [0, 0.05) is 0 Å². The van der Waals surface area contributed by atoms with E-state index in [1.54, 1.807) is 24.3 Å². The summed E-state index contributed by atoms with van der Waals surface area (Å²) in [5.41, 5.74) is 2.55. The highest BCUT2D eigenvalue weighted by molar-refractivity contribution is 8.07. The molecule has 6 nitrogen and oxygen atoms in total. The number of hydrogen-bond donors (Lipinski definition) is 1. The van der Waals surface area contributed by atoms with Crippen molar-refractivity contribution < 1.29 is 27.3 Å². The number of hydrogen-bond acceptors (Lipinski definition) is 7. The van der Waals surface area contributed by atoms with Crippen LogP contribution in [0.2, 0.25) is 0 Å². The Morgan fingerprint density at radius 3 is 1.35 bits per heavy atom. The van der Waals surface area contributed by atoms with Gasteiger partial charge in [-0.1, -0.05) is 196 Å². The normalized spacial score (nSPS) is 12.1. The number of aryl methyl sites for hydroxylation is 2. The Bertz CT molecular complexity index is 1280. The molecule has 1 atom stereocenters. The Morgan fingerprint density at radius 1 is 0.500 bits per heavy atom. The van der Waals surface area contributed by atoms with Gasteiger partial charge in [0.05, 0.1) is 6.61 Å². The maximum Gasteiger partial charge on any atom is 0.364 e. The van der Waals surface area contributed by atoms with Gasteiger partial charge in [0.15, 0.2) is 5.75 Å². The van der Waals surface area contributed by atoms with Gasteiger partial charge in [-0.25, -0.2) is 0 Å². The lowest BCUT2D eigenvalue weighted by atomic mass is 10.0. The molecule has 0 saturated heterocycles. The predicted octanol–water partition coefficient (Wildman–Crippen LogP) is 15.3. The Labute approximate surface area is 339 Å². The highest BCUT2D eigenvalue weighted by Gasteiger charge is 2.17. The van der Waals surface area contributed by atoms with Crippen molar-refractivity contribution in [3.8, 4) is 17.2 Å². The highest BCUT2D eigenvalue weighted by Crippen LogP contribution is 2.44. The molecule has 0 heterocycles. The largest absolute Gasteiger partial charge is 0.391 e. The highest BCUT2D eigenvalue weighted by atomic mass is 32.5. The van der Waals surface area contributed by atoms with E-state index in [2.05, 4.69) is 57.2 Å². The molecule has 0 aliphatic carbocycles. The first-order valence-corrected chi connectivity index (χ1v) is 24.3. The minimum absolute atomic E-state index is 0.402. The van der Waals surface area contributed by atoms with Crippen molar-refractivity contribution in [1.82, 2.24) is 0 Å². The quantitative estimate of drug-likeness (QED) is 0.0220. The fourth-order valence-electron chi connectivity index (χ4n) is 6.05. The molecule has 1 unspecified atom stereocenters. The van der Waals surface area contributed by atoms with E-state index in [0.717, 1.165) is 49.5 Å². The Morgan fingerprint density at radius 2 is 0.889 bits per heavy atom. The van der Waals surface area contributed by atoms with Crippen LogP contribution in [0, 0.1) is 0 Å². The molecule has 0 spiro atoms. The fraction of sp³-hybridized carbons (Fsp3) is 0.600. The molecule has 54 heavy (non-hydrogen) atoms. The summed E-state index contributed by atoms with van der Waals surface area (Å²) < 4.78 is 22.0. The molecule has 3 rings (SSSR count). The lowest BCUT2D eigenvalue weighted by molar-refractivity contribution is -0.115. The molecule has 0 saturated carbocycles. The Balaban J connectivity index is 0.000000413. The van der Waals surface area contributed by atoms with Crippen LogP contribution in [-0.4, -0.2) is 11.5 Å². The minimum atomic E-state index is -3.31. The van der Waals surface area contributed by atoms with Gasteiger partial charge >= 0.3 is 6.72 Å². The minimum Gasteiger partial charge on any atom is -0.391 e. The summed E-state index contributed by atoms with van der Waals surface area (Å²) in [5, 5.41) is 0. The lowest BCUT2D eigenvalue weighted by Gasteiger charge is -2.14. The van der Waals surface area contributed by atoms with E-state index in [9.17, 15) is 4.89 Å². The molecule has 304 valence electrons. The van der Waals surface area contributed by atoms with Crippen molar-refractivity contribution in [2.45, 2.75) is 168 Å². The smallest absolute Gasteiger partial charge is 0.364 e. The van der Waals surface area contributed by atoms with Crippen LogP contribution in [0.5, 0.6) is 17.2 Å². The summed E-state index contributed by atoms with van der Waals surface area (Å²) in [6.07, 6.45) is 29.0. The van der Waals surface area contributed by atoms with Crippen LogP contribution in [0.25, 0.3) is 0 Å². The number of unbranched alkanes of at least 4 members (excludes halogenated alkanes) is 18. The predicted molar refractivity (Wildman–Crippen MR) is 234 cm³/mol. The zero-order valence-electron chi connectivity index (χ0n) is 33.7. The van der Waals surface area contributed by atoms with Crippen LogP contribution in [0.15, 0.2) is 78.9 Å². The maximum atomic E-state index is 9.80. The molecule has 0 radical (unpaired) electrons. The molecule has 9 heteroatoms. The van der Waals surface area contributed by atoms with Gasteiger partial charge in [-0.15, -0.1) is 0 Å². The van der Waals surface area contributed by atoms with Crippen molar-refractivity contribution in [2.24, 2.45) is 0 Å². The Kier molecular flexibility index (Phi) is 29.5. The first-order chi connectivity index (χ1) is 26.5. The van der Waals surface area contributed by atoms with Gasteiger partial charge < -0.3 is 22.7 Å². The summed E-state index contributed by atoms with van der Waals surface area (Å²) in [6, 6.07) is 25.7. The molecule has 0 aliphatic rings. The first kappa shape index (κ1) is 48.1. The molecular formula is C45H71O6PS2. The van der Waals surface area contributed by atoms with Gasteiger partial charge in [0.25, 0.3) is 12.3 Å². The second-order valence-corrected chi connectivity index (χ2v) is 17.3. The zero-order chi connectivity index (χ0) is 38.8. The average molecular weight is 803 g/mol. The van der Waals surface area contributed by atoms with Crippen molar-refractivity contribution >= 4 is 30.8 Å². The first-order valence-electron chi connectivity index (χ1n) is 21.0. The molecule has 1 N–H and O–H groups in total. The standard InChI is InChI=1S/C30H46O2S.C15H25O4PS/c1-3-5-7-9-11-13-15-21-27-23-17-19-25-29(27)31-33-32-30-26-20-18-24-28(30)22-16-14-12-10-8-6-4-2;1-2-3-4-5-6-7-11-14-17-20(16,21)19-18-15-12-9-8-10-13-15/h17-20,23-26H,3-16,21-22H2,1-2H3;8-10,12-13H,2-7,11,14H2,1H3,(H,16,21). The van der Waals surface area contributed by atoms with E-state index in [-0.39, 0.29) is 0 Å². The van der Waals surface area contributed by atoms with Crippen LogP contribution in [0.3, 0.4) is 0 Å². The van der Waals surface area contributed by atoms with Crippen molar-refractivity contribution in [2.75, 3.05) is 6.61 Å². The molecule has 0 bridgehead atoms. The van der Waals surface area contributed by atoms with E-state index < -0.39 is 6.72 Å². The zero-order valence-corrected chi connectivity index (χ0v) is 36.3. The summed E-state index contributed by atoms with van der Waals surface area (Å²) in [7, 11) is 0. The van der Waals surface area contributed by atoms with Gasteiger partial charge in [-0.05, 0) is 79.3 Å². The monoisotopic (exact) mass is 802 g/mol. The summed E-state index contributed by atoms with van der Waals surface area (Å²) in [5.74, 6) is 2.34. The van der Waals surface area contributed by atoms with E-state index in [0.29, 0.717) is 12.4 Å². The molecule has 0 amide bonds. The molecule has 3 aromatic rings. The molecule has 3 aromatic carbocycles. The van der Waals surface area contributed by atoms with E-state index in [1.165, 1.54) is 133 Å². The van der Waals surface area contributed by atoms with E-state index in [4.69, 9.17) is 34.3 Å². The van der Waals surface area contributed by atoms with Crippen LogP contribution >= 0.6 is 19.0 Å². The van der Waals surface area contributed by atoms with Gasteiger partial charge in [0.1, 0.15) is 11.5 Å². The third-order valence-corrected chi connectivity index (χ3v) is 11.0. The van der Waals surface area contributed by atoms with E-state index >= 15 is 0 Å². The van der Waals surface area contributed by atoms with Gasteiger partial charge in [-0.3, -0.25) is 0 Å². The maximum absolute atomic E-state index is 9.80. The summed E-state index contributed by atoms with van der Waals surface area (Å²) in [4.78, 5) is 14.8. The third kappa shape index (κ3) is 25.2. The molecule has 0 aromatic heterocycles. The fourth-order valence-corrected chi connectivity index (χ4v) is 7.45. The van der Waals surface area contributed by atoms with Gasteiger partial charge in [0.2, 0.25) is 0 Å². The van der Waals surface area contributed by atoms with Crippen LogP contribution in [0.4, 0.5) is 0 Å².